The fourth-order valence-corrected chi connectivity index (χ4v) is 1.65. The maximum atomic E-state index is 11.1. The van der Waals surface area contributed by atoms with Crippen molar-refractivity contribution in [1.82, 2.24) is 5.32 Å². The lowest BCUT2D eigenvalue weighted by Gasteiger charge is -2.09. The number of nitrogens with one attached hydrogen (secondary N) is 2. The Morgan fingerprint density at radius 2 is 1.60 bits per heavy atom. The molecule has 11 nitrogen and oxygen atoms in total. The Labute approximate surface area is 112 Å². The molecule has 0 saturated carbocycles. The van der Waals surface area contributed by atoms with Crippen LogP contribution in [0.15, 0.2) is 6.07 Å². The lowest BCUT2D eigenvalue weighted by atomic mass is 10.1. The van der Waals surface area contributed by atoms with E-state index >= 15 is 0 Å². The zero-order valence-electron chi connectivity index (χ0n) is 10.6. The molecule has 0 atom stereocenters. The first kappa shape index (κ1) is 15.2. The predicted octanol–water partition coefficient (Wildman–Crippen LogP) is 1.31. The standard InChI is InChI=1S/C9H11N5O6/c1-5-6(12(15)16)3-7(13(17)18)8(11-4-10-2)9(5)14(19)20/h3,10-11H,4H2,1-2H3. The largest absolute Gasteiger partial charge is 0.361 e. The Kier molecular flexibility index (Phi) is 4.48. The van der Waals surface area contributed by atoms with E-state index in [2.05, 4.69) is 10.6 Å². The van der Waals surface area contributed by atoms with Crippen LogP contribution in [0.2, 0.25) is 0 Å². The van der Waals surface area contributed by atoms with Gasteiger partial charge >= 0.3 is 11.4 Å². The summed E-state index contributed by atoms with van der Waals surface area (Å²) in [5.74, 6) is 0. The van der Waals surface area contributed by atoms with E-state index in [1.165, 1.54) is 14.0 Å². The van der Waals surface area contributed by atoms with Crippen LogP contribution < -0.4 is 10.6 Å². The van der Waals surface area contributed by atoms with Crippen molar-refractivity contribution >= 4 is 22.7 Å². The number of benzene rings is 1. The molecular weight excluding hydrogens is 274 g/mol. The maximum Gasteiger partial charge on any atom is 0.309 e. The first-order chi connectivity index (χ1) is 9.31. The van der Waals surface area contributed by atoms with Gasteiger partial charge in [0.15, 0.2) is 5.69 Å². The predicted molar refractivity (Wildman–Crippen MR) is 68.7 cm³/mol. The molecule has 0 fully saturated rings. The lowest BCUT2D eigenvalue weighted by Crippen LogP contribution is -2.18. The Balaban J connectivity index is 3.68. The van der Waals surface area contributed by atoms with Crippen LogP contribution in [-0.4, -0.2) is 28.5 Å². The van der Waals surface area contributed by atoms with E-state index in [0.717, 1.165) is 0 Å². The van der Waals surface area contributed by atoms with Gasteiger partial charge in [-0.1, -0.05) is 0 Å². The molecule has 0 aliphatic heterocycles. The molecule has 2 N–H and O–H groups in total. The van der Waals surface area contributed by atoms with Crippen LogP contribution >= 0.6 is 0 Å². The minimum absolute atomic E-state index is 0.0267. The van der Waals surface area contributed by atoms with Gasteiger partial charge in [-0.05, 0) is 14.0 Å². The third-order valence-electron chi connectivity index (χ3n) is 2.52. The highest BCUT2D eigenvalue weighted by Crippen LogP contribution is 2.41. The summed E-state index contributed by atoms with van der Waals surface area (Å²) >= 11 is 0. The fourth-order valence-electron chi connectivity index (χ4n) is 1.65. The molecule has 0 aliphatic carbocycles. The summed E-state index contributed by atoms with van der Waals surface area (Å²) in [5, 5.41) is 37.9. The van der Waals surface area contributed by atoms with Crippen molar-refractivity contribution in [3.63, 3.8) is 0 Å². The summed E-state index contributed by atoms with van der Waals surface area (Å²) in [7, 11) is 1.53. The van der Waals surface area contributed by atoms with Gasteiger partial charge in [-0.3, -0.25) is 30.3 Å². The second-order valence-electron chi connectivity index (χ2n) is 3.74. The number of hydrogen-bond acceptors (Lipinski definition) is 8. The highest BCUT2D eigenvalue weighted by molar-refractivity contribution is 5.80. The molecule has 0 radical (unpaired) electrons. The van der Waals surface area contributed by atoms with E-state index in [1.54, 1.807) is 0 Å². The van der Waals surface area contributed by atoms with Gasteiger partial charge in [-0.25, -0.2) is 0 Å². The number of anilines is 1. The summed E-state index contributed by atoms with van der Waals surface area (Å²) in [5.41, 5.74) is -2.68. The van der Waals surface area contributed by atoms with E-state index in [1.807, 2.05) is 0 Å². The molecule has 0 heterocycles. The first-order valence-corrected chi connectivity index (χ1v) is 5.30. The van der Waals surface area contributed by atoms with Crippen molar-refractivity contribution in [2.45, 2.75) is 6.92 Å². The smallest absolute Gasteiger partial charge is 0.309 e. The van der Waals surface area contributed by atoms with Gasteiger partial charge < -0.3 is 10.6 Å². The number of nitrogens with zero attached hydrogens (tertiary/aromatic N) is 3. The molecule has 0 spiro atoms. The van der Waals surface area contributed by atoms with E-state index in [0.29, 0.717) is 6.07 Å². The first-order valence-electron chi connectivity index (χ1n) is 5.30. The molecule has 20 heavy (non-hydrogen) atoms. The highest BCUT2D eigenvalue weighted by atomic mass is 16.6. The summed E-state index contributed by atoms with van der Waals surface area (Å²) < 4.78 is 0. The quantitative estimate of drug-likeness (QED) is 0.450. The average Bonchev–Trinajstić information content (AvgIpc) is 2.34. The van der Waals surface area contributed by atoms with E-state index in [9.17, 15) is 30.3 Å². The van der Waals surface area contributed by atoms with Crippen molar-refractivity contribution in [3.8, 4) is 0 Å². The Bertz CT molecular complexity index is 587. The Morgan fingerprint density at radius 3 is 2.00 bits per heavy atom. The summed E-state index contributed by atoms with van der Waals surface area (Å²) in [6.07, 6.45) is 0. The summed E-state index contributed by atoms with van der Waals surface area (Å²) in [6.45, 7) is 1.20. The summed E-state index contributed by atoms with van der Waals surface area (Å²) in [4.78, 5) is 30.1. The molecule has 1 aromatic rings. The van der Waals surface area contributed by atoms with Crippen molar-refractivity contribution in [1.29, 1.82) is 0 Å². The van der Waals surface area contributed by atoms with Crippen LogP contribution in [0.4, 0.5) is 22.7 Å². The third kappa shape index (κ3) is 2.77. The molecule has 0 amide bonds. The van der Waals surface area contributed by atoms with Crippen molar-refractivity contribution < 1.29 is 14.8 Å². The SMILES string of the molecule is CNCNc1c([N+](=O)[O-])cc([N+](=O)[O-])c(C)c1[N+](=O)[O-]. The number of nitro groups is 3. The molecule has 1 aromatic carbocycles. The number of rotatable bonds is 6. The monoisotopic (exact) mass is 285 g/mol. The molecule has 0 aliphatic rings. The lowest BCUT2D eigenvalue weighted by molar-refractivity contribution is -0.402. The Hall–Kier alpha value is -2.82. The van der Waals surface area contributed by atoms with Gasteiger partial charge in [-0.15, -0.1) is 0 Å². The fraction of sp³-hybridized carbons (Fsp3) is 0.333. The van der Waals surface area contributed by atoms with Crippen LogP contribution in [-0.2, 0) is 0 Å². The summed E-state index contributed by atoms with van der Waals surface area (Å²) in [6, 6.07) is 0.709. The topological polar surface area (TPSA) is 153 Å². The highest BCUT2D eigenvalue weighted by Gasteiger charge is 2.34. The molecule has 1 rings (SSSR count). The van der Waals surface area contributed by atoms with Gasteiger partial charge in [0.25, 0.3) is 5.69 Å². The normalized spacial score (nSPS) is 10.1. The minimum atomic E-state index is -0.905. The van der Waals surface area contributed by atoms with Crippen LogP contribution in [0.5, 0.6) is 0 Å². The second-order valence-corrected chi connectivity index (χ2v) is 3.74. The molecule has 108 valence electrons. The van der Waals surface area contributed by atoms with Gasteiger partial charge in [0.05, 0.1) is 27.5 Å². The van der Waals surface area contributed by atoms with Crippen molar-refractivity contribution in [3.05, 3.63) is 42.0 Å². The van der Waals surface area contributed by atoms with E-state index in [4.69, 9.17) is 0 Å². The Morgan fingerprint density at radius 1 is 1.05 bits per heavy atom. The third-order valence-corrected chi connectivity index (χ3v) is 2.52. The van der Waals surface area contributed by atoms with Crippen LogP contribution in [0.1, 0.15) is 5.56 Å². The molecule has 11 heteroatoms. The van der Waals surface area contributed by atoms with Crippen LogP contribution in [0, 0.1) is 37.3 Å². The molecule has 0 unspecified atom stereocenters. The van der Waals surface area contributed by atoms with Gasteiger partial charge in [0.2, 0.25) is 0 Å². The second kappa shape index (κ2) is 5.88. The number of hydrogen-bond donors (Lipinski definition) is 2. The van der Waals surface area contributed by atoms with Gasteiger partial charge in [-0.2, -0.15) is 0 Å². The van der Waals surface area contributed by atoms with E-state index in [-0.39, 0.29) is 17.9 Å². The van der Waals surface area contributed by atoms with Gasteiger partial charge in [0, 0.05) is 0 Å². The van der Waals surface area contributed by atoms with E-state index < -0.39 is 31.8 Å². The van der Waals surface area contributed by atoms with Gasteiger partial charge in [0.1, 0.15) is 5.56 Å². The average molecular weight is 285 g/mol. The molecule has 0 aromatic heterocycles. The molecule has 0 bridgehead atoms. The van der Waals surface area contributed by atoms with Crippen molar-refractivity contribution in [2.24, 2.45) is 0 Å². The maximum absolute atomic E-state index is 11.1. The molecule has 0 saturated heterocycles. The van der Waals surface area contributed by atoms with Crippen LogP contribution in [0.3, 0.4) is 0 Å². The van der Waals surface area contributed by atoms with Crippen molar-refractivity contribution in [2.75, 3.05) is 19.0 Å². The zero-order chi connectivity index (χ0) is 15.4. The number of nitro benzene ring substituents is 3. The van der Waals surface area contributed by atoms with Crippen LogP contribution in [0.25, 0.3) is 0 Å². The molecular formula is C9H11N5O6. The zero-order valence-corrected chi connectivity index (χ0v) is 10.6. The minimum Gasteiger partial charge on any atom is -0.361 e.